The summed E-state index contributed by atoms with van der Waals surface area (Å²) in [6.07, 6.45) is 11.8. The Balaban J connectivity index is 0.000000493. The van der Waals surface area contributed by atoms with Crippen molar-refractivity contribution in [3.8, 4) is 24.2 Å². The Hall–Kier alpha value is -1.32. The Morgan fingerprint density at radius 2 is 1.11 bits per heavy atom. The van der Waals surface area contributed by atoms with Gasteiger partial charge in [-0.05, 0) is 24.0 Å². The SMILES string of the molecule is C#Cc1cn([C@@H]2OC([CH2-])C(C)C2(C)C)c2ncnc(N)c12.CC.[CH2-]C1O[C@@H](n2cc(C#Cc3ccccc3)c3c(N)ncnc32)C(C)(C)C1C.[W].[W].[Y].[Y]. The van der Waals surface area contributed by atoms with Crippen molar-refractivity contribution in [3.05, 3.63) is 85.9 Å². The molecule has 2 saturated heterocycles. The van der Waals surface area contributed by atoms with E-state index < -0.39 is 0 Å². The van der Waals surface area contributed by atoms with Gasteiger partial charge in [-0.3, -0.25) is 0 Å². The molecule has 6 heterocycles. The molecule has 10 nitrogen and oxygen atoms in total. The first-order valence-corrected chi connectivity index (χ1v) is 17.0. The summed E-state index contributed by atoms with van der Waals surface area (Å²) in [5, 5.41) is 1.47. The van der Waals surface area contributed by atoms with Crippen LogP contribution in [0.2, 0.25) is 0 Å². The summed E-state index contributed by atoms with van der Waals surface area (Å²) >= 11 is 0. The summed E-state index contributed by atoms with van der Waals surface area (Å²) in [7, 11) is 0. The van der Waals surface area contributed by atoms with Crippen LogP contribution < -0.4 is 11.5 Å². The zero-order chi connectivity index (χ0) is 36.5. The molecule has 0 amide bonds. The molecule has 280 valence electrons. The number of nitrogens with zero attached hydrogens (tertiary/aromatic N) is 6. The van der Waals surface area contributed by atoms with E-state index in [0.717, 1.165) is 22.2 Å². The van der Waals surface area contributed by atoms with Crippen LogP contribution in [0.3, 0.4) is 0 Å². The average Bonchev–Trinajstić information content (AvgIpc) is 3.79. The van der Waals surface area contributed by atoms with E-state index in [2.05, 4.69) is 93.1 Å². The monoisotopic (exact) mass is 1220 g/mol. The van der Waals surface area contributed by atoms with Crippen LogP contribution in [0.1, 0.15) is 84.5 Å². The molecule has 4 aromatic heterocycles. The zero-order valence-corrected chi connectivity index (χ0v) is 43.8. The molecule has 2 fully saturated rings. The number of nitrogen functional groups attached to an aromatic ring is 2. The van der Waals surface area contributed by atoms with Gasteiger partial charge in [0.05, 0.1) is 21.9 Å². The number of benzene rings is 1. The van der Waals surface area contributed by atoms with Gasteiger partial charge < -0.3 is 43.9 Å². The molecule has 0 aliphatic carbocycles. The number of rotatable bonds is 2. The number of aromatic nitrogens is 6. The molecular formula is C40H48N8O2W2Y2-2. The molecule has 5 aromatic rings. The molecule has 4 unspecified atom stereocenters. The van der Waals surface area contributed by atoms with Crippen molar-refractivity contribution in [2.24, 2.45) is 22.7 Å². The first-order chi connectivity index (χ1) is 23.8. The van der Waals surface area contributed by atoms with Crippen molar-refractivity contribution in [2.75, 3.05) is 11.5 Å². The van der Waals surface area contributed by atoms with E-state index in [-0.39, 0.29) is 143 Å². The number of fused-ring (bicyclic) bond motifs is 2. The van der Waals surface area contributed by atoms with Gasteiger partial charge in [-0.1, -0.05) is 104 Å². The van der Waals surface area contributed by atoms with E-state index in [1.807, 2.05) is 65.7 Å². The predicted molar refractivity (Wildman–Crippen MR) is 200 cm³/mol. The molecule has 54 heavy (non-hydrogen) atoms. The van der Waals surface area contributed by atoms with Crippen molar-refractivity contribution in [1.29, 1.82) is 0 Å². The zero-order valence-electron chi connectivity index (χ0n) is 32.3. The van der Waals surface area contributed by atoms with Crippen molar-refractivity contribution < 1.29 is 117 Å². The van der Waals surface area contributed by atoms with E-state index >= 15 is 0 Å². The maximum atomic E-state index is 6.20. The van der Waals surface area contributed by atoms with Gasteiger partial charge in [-0.2, -0.15) is 0 Å². The number of ether oxygens (including phenoxy) is 2. The third kappa shape index (κ3) is 9.68. The topological polar surface area (TPSA) is 132 Å². The maximum absolute atomic E-state index is 6.20. The fourth-order valence-electron chi connectivity index (χ4n) is 6.61. The molecule has 4 N–H and O–H groups in total. The van der Waals surface area contributed by atoms with E-state index in [9.17, 15) is 0 Å². The molecular weight excluding hydrogens is 1170 g/mol. The molecule has 7 rings (SSSR count). The smallest absolute Gasteiger partial charge is 0.148 e. The normalized spacial score (nSPS) is 22.9. The van der Waals surface area contributed by atoms with Crippen molar-refractivity contribution >= 4 is 33.7 Å². The fraction of sp³-hybridized carbons (Fsp3) is 0.400. The van der Waals surface area contributed by atoms with Crippen LogP contribution in [0, 0.1) is 60.7 Å². The van der Waals surface area contributed by atoms with Crippen LogP contribution in [0.5, 0.6) is 0 Å². The predicted octanol–water partition coefficient (Wildman–Crippen LogP) is 7.21. The van der Waals surface area contributed by atoms with Crippen LogP contribution in [-0.2, 0) is 117 Å². The molecule has 0 saturated carbocycles. The Labute approximate surface area is 399 Å². The minimum absolute atomic E-state index is 0. The number of hydrogen-bond donors (Lipinski definition) is 2. The summed E-state index contributed by atoms with van der Waals surface area (Å²) in [5.74, 6) is 10.5. The first kappa shape index (κ1) is 50.7. The molecule has 2 radical (unpaired) electrons. The van der Waals surface area contributed by atoms with Gasteiger partial charge in [0.2, 0.25) is 0 Å². The molecule has 6 atom stereocenters. The fourth-order valence-corrected chi connectivity index (χ4v) is 6.61. The van der Waals surface area contributed by atoms with Gasteiger partial charge in [-0.15, -0.1) is 6.42 Å². The molecule has 2 aliphatic heterocycles. The minimum atomic E-state index is -0.195. The van der Waals surface area contributed by atoms with Gasteiger partial charge in [0.15, 0.2) is 0 Å². The third-order valence-corrected chi connectivity index (χ3v) is 10.4. The Morgan fingerprint density at radius 3 is 1.50 bits per heavy atom. The largest absolute Gasteiger partial charge is 0.386 e. The standard InChI is InChI=1S/C22H23N4O.C16H19N4O.C2H6.2W.2Y/c1-14-15(2)27-21(22(14,3)4)26-12-17(11-10-16-8-6-5-7-9-16)18-19(23)24-13-25-20(18)26;1-6-11-7-20(14-12(11)13(17)18-8-19-14)15-16(4,5)9(2)10(3)21-15;1-2;;;;/h5-9,12-15,21H,2H2,1,3-4H3,(H2,23,24,25);1,7-10,15H,3H2,2,4-5H3,(H2,17,18,19);1-2H3;;;;/q2*-1;;;;;/t14?,15?,21-;9?,10?,15-;;;;;/m11...../s1. The quantitative estimate of drug-likeness (QED) is 0.140. The Bertz CT molecular complexity index is 2100. The van der Waals surface area contributed by atoms with Gasteiger partial charge in [0, 0.05) is 136 Å². The van der Waals surface area contributed by atoms with Gasteiger partial charge in [0.25, 0.3) is 0 Å². The molecule has 1 aromatic carbocycles. The second-order valence-electron chi connectivity index (χ2n) is 13.8. The second kappa shape index (κ2) is 20.9. The summed E-state index contributed by atoms with van der Waals surface area (Å²) < 4.78 is 16.3. The van der Waals surface area contributed by atoms with Crippen LogP contribution in [0.25, 0.3) is 22.1 Å². The summed E-state index contributed by atoms with van der Waals surface area (Å²) in [6, 6.07) is 9.86. The summed E-state index contributed by atoms with van der Waals surface area (Å²) in [6.45, 7) is 25.3. The third-order valence-electron chi connectivity index (χ3n) is 10.4. The van der Waals surface area contributed by atoms with E-state index in [1.165, 1.54) is 12.7 Å². The van der Waals surface area contributed by atoms with Crippen LogP contribution in [0.15, 0.2) is 55.4 Å². The maximum Gasteiger partial charge on any atom is 0.148 e. The molecule has 2 aliphatic rings. The first-order valence-electron chi connectivity index (χ1n) is 17.0. The summed E-state index contributed by atoms with van der Waals surface area (Å²) in [5.41, 5.74) is 15.8. The van der Waals surface area contributed by atoms with E-state index in [4.69, 9.17) is 27.4 Å². The van der Waals surface area contributed by atoms with E-state index in [1.54, 1.807) is 0 Å². The van der Waals surface area contributed by atoms with Crippen molar-refractivity contribution in [2.45, 2.75) is 80.1 Å². The number of hydrogen-bond acceptors (Lipinski definition) is 8. The number of terminal acetylenes is 1. The number of nitrogens with two attached hydrogens (primary N) is 2. The van der Waals surface area contributed by atoms with Gasteiger partial charge in [0.1, 0.15) is 48.0 Å². The second-order valence-corrected chi connectivity index (χ2v) is 13.8. The van der Waals surface area contributed by atoms with Gasteiger partial charge in [-0.25, -0.2) is 19.9 Å². The van der Waals surface area contributed by atoms with E-state index in [0.29, 0.717) is 40.1 Å². The van der Waals surface area contributed by atoms with Crippen LogP contribution in [-0.4, -0.2) is 41.3 Å². The van der Waals surface area contributed by atoms with Crippen LogP contribution >= 0.6 is 0 Å². The average molecular weight is 1220 g/mol. The minimum Gasteiger partial charge on any atom is -0.386 e. The van der Waals surface area contributed by atoms with Crippen molar-refractivity contribution in [3.63, 3.8) is 0 Å². The molecule has 14 heteroatoms. The number of anilines is 2. The molecule has 0 bridgehead atoms. The van der Waals surface area contributed by atoms with Crippen molar-refractivity contribution in [1.82, 2.24) is 29.1 Å². The Kier molecular flexibility index (Phi) is 19.6. The summed E-state index contributed by atoms with van der Waals surface area (Å²) in [4.78, 5) is 17.0. The molecule has 0 spiro atoms. The van der Waals surface area contributed by atoms with Gasteiger partial charge >= 0.3 is 0 Å². The Morgan fingerprint density at radius 1 is 0.704 bits per heavy atom. The van der Waals surface area contributed by atoms with Crippen LogP contribution in [0.4, 0.5) is 11.6 Å².